The highest BCUT2D eigenvalue weighted by atomic mass is 32.1. The van der Waals surface area contributed by atoms with Crippen molar-refractivity contribution >= 4 is 16.5 Å². The molecule has 0 aliphatic carbocycles. The zero-order valence-corrected chi connectivity index (χ0v) is 13.6. The Labute approximate surface area is 131 Å². The molecule has 1 aromatic rings. The van der Waals surface area contributed by atoms with E-state index in [0.29, 0.717) is 10.1 Å². The summed E-state index contributed by atoms with van der Waals surface area (Å²) in [6.07, 6.45) is -1.97. The first-order valence-electron chi connectivity index (χ1n) is 7.20. The second-order valence-corrected chi connectivity index (χ2v) is 7.61. The Morgan fingerprint density at radius 1 is 0.909 bits per heavy atom. The van der Waals surface area contributed by atoms with Crippen LogP contribution in [0.3, 0.4) is 0 Å². The van der Waals surface area contributed by atoms with Gasteiger partial charge in [-0.2, -0.15) is 0 Å². The lowest BCUT2D eigenvalue weighted by Crippen LogP contribution is -2.51. The number of ether oxygens (including phenoxy) is 5. The van der Waals surface area contributed by atoms with E-state index < -0.39 is 24.0 Å². The average Bonchev–Trinajstić information content (AvgIpc) is 3.02. The lowest BCUT2D eigenvalue weighted by Gasteiger charge is -2.36. The van der Waals surface area contributed by atoms with Crippen LogP contribution in [0.4, 0.5) is 5.13 Å². The van der Waals surface area contributed by atoms with E-state index in [0.717, 1.165) is 0 Å². The molecule has 0 saturated carbocycles. The van der Waals surface area contributed by atoms with E-state index in [4.69, 9.17) is 29.4 Å². The van der Waals surface area contributed by atoms with Gasteiger partial charge in [-0.15, -0.1) is 10.2 Å². The van der Waals surface area contributed by atoms with Crippen LogP contribution in [0, 0.1) is 0 Å². The molecule has 3 saturated heterocycles. The van der Waals surface area contributed by atoms with Gasteiger partial charge in [-0.1, -0.05) is 11.3 Å². The molecular formula is C13H19N3O5S. The summed E-state index contributed by atoms with van der Waals surface area (Å²) in [6.45, 7) is 7.44. The van der Waals surface area contributed by atoms with Crippen LogP contribution in [-0.4, -0.2) is 46.4 Å². The van der Waals surface area contributed by atoms with Crippen LogP contribution in [0.25, 0.3) is 0 Å². The Morgan fingerprint density at radius 3 is 2.23 bits per heavy atom. The molecule has 0 bridgehead atoms. The highest BCUT2D eigenvalue weighted by molar-refractivity contribution is 7.15. The van der Waals surface area contributed by atoms with Crippen LogP contribution in [-0.2, 0) is 23.7 Å². The van der Waals surface area contributed by atoms with Crippen molar-refractivity contribution in [3.8, 4) is 0 Å². The Bertz CT molecular complexity index is 592. The van der Waals surface area contributed by atoms with Gasteiger partial charge in [-0.05, 0) is 27.7 Å². The van der Waals surface area contributed by atoms with Gasteiger partial charge in [0, 0.05) is 0 Å². The minimum absolute atomic E-state index is 0.300. The first-order valence-corrected chi connectivity index (χ1v) is 8.01. The van der Waals surface area contributed by atoms with Gasteiger partial charge in [0.25, 0.3) is 0 Å². The maximum atomic E-state index is 6.05. The summed E-state index contributed by atoms with van der Waals surface area (Å²) in [6, 6.07) is 0. The summed E-state index contributed by atoms with van der Waals surface area (Å²) in [5, 5.41) is 8.98. The van der Waals surface area contributed by atoms with Gasteiger partial charge in [0.1, 0.15) is 24.4 Å². The maximum absolute atomic E-state index is 6.05. The molecule has 0 spiro atoms. The van der Waals surface area contributed by atoms with Crippen LogP contribution >= 0.6 is 11.3 Å². The Balaban J connectivity index is 1.69. The molecule has 2 N–H and O–H groups in total. The molecule has 3 fully saturated rings. The molecule has 3 aliphatic heterocycles. The number of aromatic nitrogens is 2. The number of anilines is 1. The molecule has 9 heteroatoms. The summed E-state index contributed by atoms with van der Waals surface area (Å²) in [4.78, 5) is 0. The zero-order valence-electron chi connectivity index (χ0n) is 12.8. The van der Waals surface area contributed by atoms with Crippen LogP contribution in [0.1, 0.15) is 38.8 Å². The van der Waals surface area contributed by atoms with E-state index in [-0.39, 0.29) is 18.3 Å². The summed E-state index contributed by atoms with van der Waals surface area (Å²) < 4.78 is 29.9. The predicted octanol–water partition coefficient (Wildman–Crippen LogP) is 1.19. The Hall–Kier alpha value is -0.840. The van der Waals surface area contributed by atoms with E-state index in [1.54, 1.807) is 0 Å². The lowest BCUT2D eigenvalue weighted by atomic mass is 9.99. The summed E-state index contributed by atoms with van der Waals surface area (Å²) in [5.41, 5.74) is 5.69. The van der Waals surface area contributed by atoms with Gasteiger partial charge in [-0.3, -0.25) is 0 Å². The van der Waals surface area contributed by atoms with E-state index in [9.17, 15) is 0 Å². The Morgan fingerprint density at radius 2 is 1.55 bits per heavy atom. The second-order valence-electron chi connectivity index (χ2n) is 6.57. The smallest absolute Gasteiger partial charge is 0.203 e. The molecule has 3 aliphatic rings. The van der Waals surface area contributed by atoms with Crippen molar-refractivity contribution in [2.75, 3.05) is 5.73 Å². The summed E-state index contributed by atoms with van der Waals surface area (Å²) in [5.74, 6) is -1.46. The van der Waals surface area contributed by atoms with Crippen molar-refractivity contribution < 1.29 is 23.7 Å². The van der Waals surface area contributed by atoms with Crippen molar-refractivity contribution in [1.29, 1.82) is 0 Å². The van der Waals surface area contributed by atoms with E-state index in [1.807, 2.05) is 27.7 Å². The second kappa shape index (κ2) is 4.59. The van der Waals surface area contributed by atoms with E-state index in [2.05, 4.69) is 10.2 Å². The molecule has 0 aromatic carbocycles. The quantitative estimate of drug-likeness (QED) is 0.820. The van der Waals surface area contributed by atoms with Crippen molar-refractivity contribution in [1.82, 2.24) is 10.2 Å². The molecule has 1 aromatic heterocycles. The fraction of sp³-hybridized carbons (Fsp3) is 0.846. The van der Waals surface area contributed by atoms with Crippen LogP contribution in [0.15, 0.2) is 0 Å². The topological polar surface area (TPSA) is 98.0 Å². The fourth-order valence-electron chi connectivity index (χ4n) is 3.17. The van der Waals surface area contributed by atoms with Gasteiger partial charge in [-0.25, -0.2) is 0 Å². The number of hydrogen-bond donors (Lipinski definition) is 1. The summed E-state index contributed by atoms with van der Waals surface area (Å²) in [7, 11) is 0. The first-order chi connectivity index (χ1) is 10.2. The molecule has 122 valence electrons. The first kappa shape index (κ1) is 14.7. The van der Waals surface area contributed by atoms with Crippen LogP contribution in [0.5, 0.6) is 0 Å². The van der Waals surface area contributed by atoms with Gasteiger partial charge >= 0.3 is 0 Å². The number of hydrogen-bond acceptors (Lipinski definition) is 9. The summed E-state index contributed by atoms with van der Waals surface area (Å²) >= 11 is 1.28. The minimum atomic E-state index is -0.731. The normalized spacial score (nSPS) is 42.1. The predicted molar refractivity (Wildman–Crippen MR) is 75.8 cm³/mol. The number of rotatable bonds is 1. The number of nitrogen functional groups attached to an aromatic ring is 1. The fourth-order valence-corrected chi connectivity index (χ4v) is 3.86. The molecule has 0 unspecified atom stereocenters. The highest BCUT2D eigenvalue weighted by Crippen LogP contribution is 2.48. The number of nitrogens with zero attached hydrogens (tertiary/aromatic N) is 2. The minimum Gasteiger partial charge on any atom is -0.374 e. The van der Waals surface area contributed by atoms with Gasteiger partial charge < -0.3 is 29.4 Å². The SMILES string of the molecule is CC1(C)O[C@H]2[C@@H](O1)[C@@H](c1nnc(N)s1)O[C@@H]1OC(C)(C)O[C@@H]12. The largest absolute Gasteiger partial charge is 0.374 e. The van der Waals surface area contributed by atoms with Gasteiger partial charge in [0.15, 0.2) is 22.9 Å². The van der Waals surface area contributed by atoms with Crippen LogP contribution in [0.2, 0.25) is 0 Å². The third-order valence-corrected chi connectivity index (χ3v) is 4.67. The molecule has 0 amide bonds. The van der Waals surface area contributed by atoms with E-state index >= 15 is 0 Å². The van der Waals surface area contributed by atoms with E-state index in [1.165, 1.54) is 11.3 Å². The number of nitrogens with two attached hydrogens (primary N) is 1. The van der Waals surface area contributed by atoms with Crippen molar-refractivity contribution in [2.45, 2.75) is 70.0 Å². The molecule has 0 radical (unpaired) electrons. The van der Waals surface area contributed by atoms with Gasteiger partial charge in [0.2, 0.25) is 5.13 Å². The monoisotopic (exact) mass is 329 g/mol. The molecule has 22 heavy (non-hydrogen) atoms. The van der Waals surface area contributed by atoms with Crippen molar-refractivity contribution in [3.05, 3.63) is 5.01 Å². The van der Waals surface area contributed by atoms with Crippen LogP contribution < -0.4 is 5.73 Å². The third-order valence-electron chi connectivity index (χ3n) is 3.85. The molecular weight excluding hydrogens is 310 g/mol. The van der Waals surface area contributed by atoms with Crippen molar-refractivity contribution in [3.63, 3.8) is 0 Å². The molecule has 4 heterocycles. The molecule has 8 nitrogen and oxygen atoms in total. The average molecular weight is 329 g/mol. The van der Waals surface area contributed by atoms with Gasteiger partial charge in [0.05, 0.1) is 0 Å². The highest BCUT2D eigenvalue weighted by Gasteiger charge is 2.61. The zero-order chi connectivity index (χ0) is 15.7. The molecule has 5 atom stereocenters. The molecule has 4 rings (SSSR count). The maximum Gasteiger partial charge on any atom is 0.203 e. The standard InChI is InChI=1S/C13H19N3O5S/c1-12(2)18-5-6(19-12)8-10(21-13(3,4)20-8)17-7(5)9-15-16-11(14)22-9/h5-8,10H,1-4H3,(H2,14,16)/t5-,6+,7+,8-,10-/m1/s1. The van der Waals surface area contributed by atoms with Crippen molar-refractivity contribution in [2.24, 2.45) is 0 Å². The number of fused-ring (bicyclic) bond motifs is 3. The Kier molecular flexibility index (Phi) is 3.07. The third kappa shape index (κ3) is 2.32. The lowest BCUT2D eigenvalue weighted by molar-refractivity contribution is -0.236.